The van der Waals surface area contributed by atoms with Gasteiger partial charge in [0.05, 0.1) is 13.2 Å². The lowest BCUT2D eigenvalue weighted by atomic mass is 9.93. The van der Waals surface area contributed by atoms with Crippen LogP contribution in [0.4, 0.5) is 0 Å². The van der Waals surface area contributed by atoms with Crippen LogP contribution >= 0.6 is 34.5 Å². The molecule has 0 aliphatic carbocycles. The summed E-state index contributed by atoms with van der Waals surface area (Å²) in [4.78, 5) is 32.1. The van der Waals surface area contributed by atoms with Gasteiger partial charge in [0.2, 0.25) is 5.91 Å². The van der Waals surface area contributed by atoms with E-state index < -0.39 is 0 Å². The summed E-state index contributed by atoms with van der Waals surface area (Å²) in [6.45, 7) is 4.51. The molecule has 3 aromatic rings. The van der Waals surface area contributed by atoms with Crippen LogP contribution in [0.3, 0.4) is 0 Å². The molecule has 0 bridgehead atoms. The summed E-state index contributed by atoms with van der Waals surface area (Å²) in [6.07, 6.45) is 1.50. The monoisotopic (exact) mass is 530 g/mol. The number of halogens is 2. The third-order valence-electron chi connectivity index (χ3n) is 6.55. The van der Waals surface area contributed by atoms with Crippen molar-refractivity contribution in [2.24, 2.45) is 0 Å². The van der Waals surface area contributed by atoms with Gasteiger partial charge in [0, 0.05) is 33.1 Å². The number of carbonyl (C=O) groups is 2. The van der Waals surface area contributed by atoms with Crippen LogP contribution < -0.4 is 4.74 Å². The predicted octanol–water partition coefficient (Wildman–Crippen LogP) is 6.48. The molecule has 1 aromatic heterocycles. The predicted molar refractivity (Wildman–Crippen MR) is 142 cm³/mol. The lowest BCUT2D eigenvalue weighted by Crippen LogP contribution is -2.49. The highest BCUT2D eigenvalue weighted by Crippen LogP contribution is 2.41. The standard InChI is InChI=1S/C27H28Cl2N2O3S/c1-4-17(2)31(27(33)18-6-5-7-20(14-18)34-3)16-25(32)30-12-10-24-22(11-13-35-24)26(30)21-9-8-19(28)15-23(21)29/h5-9,11,13-15,17,26H,4,10,12,16H2,1-3H3/t17-,26+/m0/s1. The van der Waals surface area contributed by atoms with Crippen LogP contribution in [0.1, 0.15) is 52.7 Å². The first-order chi connectivity index (χ1) is 16.8. The molecule has 2 aromatic carbocycles. The van der Waals surface area contributed by atoms with Crippen LogP contribution in [0.2, 0.25) is 10.0 Å². The van der Waals surface area contributed by atoms with E-state index in [1.165, 1.54) is 4.88 Å². The minimum Gasteiger partial charge on any atom is -0.497 e. The topological polar surface area (TPSA) is 49.9 Å². The minimum atomic E-state index is -0.326. The molecule has 0 radical (unpaired) electrons. The molecule has 0 unspecified atom stereocenters. The highest BCUT2D eigenvalue weighted by atomic mass is 35.5. The van der Waals surface area contributed by atoms with Gasteiger partial charge in [-0.25, -0.2) is 0 Å². The second kappa shape index (κ2) is 11.0. The van der Waals surface area contributed by atoms with Crippen molar-refractivity contribution in [3.8, 4) is 5.75 Å². The zero-order chi connectivity index (χ0) is 25.1. The molecular formula is C27H28Cl2N2O3S. The summed E-state index contributed by atoms with van der Waals surface area (Å²) in [5.74, 6) is 0.292. The van der Waals surface area contributed by atoms with Gasteiger partial charge in [-0.15, -0.1) is 11.3 Å². The fraction of sp³-hybridized carbons (Fsp3) is 0.333. The number of rotatable bonds is 7. The van der Waals surface area contributed by atoms with E-state index in [1.54, 1.807) is 59.7 Å². The summed E-state index contributed by atoms with van der Waals surface area (Å²) in [5, 5.41) is 3.11. The van der Waals surface area contributed by atoms with Gasteiger partial charge in [-0.2, -0.15) is 0 Å². The molecule has 0 fully saturated rings. The number of hydrogen-bond acceptors (Lipinski definition) is 4. The average Bonchev–Trinajstić information content (AvgIpc) is 3.35. The Kier molecular flexibility index (Phi) is 8.05. The molecule has 5 nitrogen and oxygen atoms in total. The summed E-state index contributed by atoms with van der Waals surface area (Å²) >= 11 is 14.5. The van der Waals surface area contributed by atoms with Gasteiger partial charge in [-0.3, -0.25) is 9.59 Å². The Morgan fingerprint density at radius 1 is 1.17 bits per heavy atom. The fourth-order valence-corrected chi connectivity index (χ4v) is 5.87. The number of hydrogen-bond donors (Lipinski definition) is 0. The number of benzene rings is 2. The minimum absolute atomic E-state index is 0.0216. The van der Waals surface area contributed by atoms with Crippen molar-refractivity contribution in [1.82, 2.24) is 9.80 Å². The Morgan fingerprint density at radius 2 is 1.97 bits per heavy atom. The number of ether oxygens (including phenoxy) is 1. The normalized spacial score (nSPS) is 15.9. The van der Waals surface area contributed by atoms with Crippen LogP contribution in [0.5, 0.6) is 5.75 Å². The molecule has 8 heteroatoms. The Bertz CT molecular complexity index is 1230. The third kappa shape index (κ3) is 5.35. The van der Waals surface area contributed by atoms with Gasteiger partial charge in [-0.1, -0.05) is 42.3 Å². The van der Waals surface area contributed by atoms with Crippen molar-refractivity contribution >= 4 is 46.4 Å². The van der Waals surface area contributed by atoms with E-state index in [0.717, 1.165) is 24.0 Å². The fourth-order valence-electron chi connectivity index (χ4n) is 4.45. The van der Waals surface area contributed by atoms with E-state index in [4.69, 9.17) is 27.9 Å². The molecule has 2 atom stereocenters. The van der Waals surface area contributed by atoms with Gasteiger partial charge in [-0.05, 0) is 72.7 Å². The highest BCUT2D eigenvalue weighted by Gasteiger charge is 2.35. The molecule has 35 heavy (non-hydrogen) atoms. The van der Waals surface area contributed by atoms with Crippen LogP contribution in [-0.2, 0) is 11.2 Å². The molecule has 1 aliphatic heterocycles. The number of amides is 2. The SMILES string of the molecule is CC[C@H](C)N(CC(=O)N1CCc2sccc2[C@H]1c1ccc(Cl)cc1Cl)C(=O)c1cccc(OC)c1. The molecule has 4 rings (SSSR count). The number of fused-ring (bicyclic) bond motifs is 1. The van der Waals surface area contributed by atoms with E-state index >= 15 is 0 Å². The van der Waals surface area contributed by atoms with Gasteiger partial charge in [0.1, 0.15) is 12.3 Å². The van der Waals surface area contributed by atoms with Crippen molar-refractivity contribution in [2.75, 3.05) is 20.2 Å². The molecule has 0 N–H and O–H groups in total. The van der Waals surface area contributed by atoms with Crippen molar-refractivity contribution in [2.45, 2.75) is 38.8 Å². The molecule has 0 spiro atoms. The van der Waals surface area contributed by atoms with Crippen LogP contribution in [0, 0.1) is 0 Å². The van der Waals surface area contributed by atoms with Gasteiger partial charge in [0.25, 0.3) is 5.91 Å². The van der Waals surface area contributed by atoms with Crippen LogP contribution in [-0.4, -0.2) is 47.9 Å². The van der Waals surface area contributed by atoms with Crippen molar-refractivity contribution < 1.29 is 14.3 Å². The smallest absolute Gasteiger partial charge is 0.254 e. The maximum atomic E-state index is 13.8. The Balaban J connectivity index is 1.66. The molecule has 2 heterocycles. The average molecular weight is 532 g/mol. The third-order valence-corrected chi connectivity index (χ3v) is 8.11. The molecular weight excluding hydrogens is 503 g/mol. The molecule has 0 saturated carbocycles. The largest absolute Gasteiger partial charge is 0.497 e. The summed E-state index contributed by atoms with van der Waals surface area (Å²) in [7, 11) is 1.57. The molecule has 1 aliphatic rings. The lowest BCUT2D eigenvalue weighted by molar-refractivity contribution is -0.134. The van der Waals surface area contributed by atoms with Gasteiger partial charge < -0.3 is 14.5 Å². The number of nitrogens with zero attached hydrogens (tertiary/aromatic N) is 2. The van der Waals surface area contributed by atoms with E-state index in [9.17, 15) is 9.59 Å². The zero-order valence-electron chi connectivity index (χ0n) is 20.0. The van der Waals surface area contributed by atoms with Crippen molar-refractivity contribution in [1.29, 1.82) is 0 Å². The van der Waals surface area contributed by atoms with E-state index in [0.29, 0.717) is 27.9 Å². The second-order valence-electron chi connectivity index (χ2n) is 8.63. The Morgan fingerprint density at radius 3 is 2.69 bits per heavy atom. The lowest BCUT2D eigenvalue weighted by Gasteiger charge is -2.38. The molecule has 0 saturated heterocycles. The number of methoxy groups -OCH3 is 1. The number of carbonyl (C=O) groups excluding carboxylic acids is 2. The Labute approximate surface area is 220 Å². The van der Waals surface area contributed by atoms with E-state index in [-0.39, 0.29) is 30.4 Å². The van der Waals surface area contributed by atoms with E-state index in [2.05, 4.69) is 6.07 Å². The Hall–Kier alpha value is -2.54. The second-order valence-corrected chi connectivity index (χ2v) is 10.5. The first kappa shape index (κ1) is 25.5. The maximum Gasteiger partial charge on any atom is 0.254 e. The first-order valence-corrected chi connectivity index (χ1v) is 13.2. The van der Waals surface area contributed by atoms with Crippen molar-refractivity contribution in [3.05, 3.63) is 85.5 Å². The van der Waals surface area contributed by atoms with Crippen LogP contribution in [0.15, 0.2) is 53.9 Å². The van der Waals surface area contributed by atoms with Gasteiger partial charge >= 0.3 is 0 Å². The number of thiophene rings is 1. The zero-order valence-corrected chi connectivity index (χ0v) is 22.3. The summed E-state index contributed by atoms with van der Waals surface area (Å²) in [5.41, 5.74) is 2.40. The van der Waals surface area contributed by atoms with Crippen molar-refractivity contribution in [3.63, 3.8) is 0 Å². The maximum absolute atomic E-state index is 13.8. The summed E-state index contributed by atoms with van der Waals surface area (Å²) in [6, 6.07) is 14.0. The van der Waals surface area contributed by atoms with E-state index in [1.807, 2.05) is 30.2 Å². The highest BCUT2D eigenvalue weighted by molar-refractivity contribution is 7.10. The summed E-state index contributed by atoms with van der Waals surface area (Å²) < 4.78 is 5.29. The van der Waals surface area contributed by atoms with Crippen LogP contribution in [0.25, 0.3) is 0 Å². The quantitative estimate of drug-likeness (QED) is 0.351. The first-order valence-electron chi connectivity index (χ1n) is 11.6. The molecule has 2 amide bonds. The van der Waals surface area contributed by atoms with Gasteiger partial charge in [0.15, 0.2) is 0 Å². The molecule has 184 valence electrons.